The van der Waals surface area contributed by atoms with Crippen molar-refractivity contribution in [3.8, 4) is 0 Å². The Bertz CT molecular complexity index is 2210. The summed E-state index contributed by atoms with van der Waals surface area (Å²) in [5.41, 5.74) is 3.73. The number of carbonyl (C=O) groups excluding carboxylic acids is 3. The molecule has 4 unspecified atom stereocenters. The van der Waals surface area contributed by atoms with Gasteiger partial charge in [0.05, 0.1) is 16.8 Å². The summed E-state index contributed by atoms with van der Waals surface area (Å²) in [7, 11) is 0. The van der Waals surface area contributed by atoms with Gasteiger partial charge in [-0.15, -0.1) is 0 Å². The molecule has 3 aliphatic rings. The lowest BCUT2D eigenvalue weighted by Crippen LogP contribution is -2.55. The molecule has 0 aromatic heterocycles. The topological polar surface area (TPSA) is 105 Å². The molecule has 0 bridgehead atoms. The first-order chi connectivity index (χ1) is 29.1. The fourth-order valence-electron chi connectivity index (χ4n) is 11.7. The normalized spacial score (nSPS) is 23.2. The third-order valence-electron chi connectivity index (χ3n) is 15.9. The number of Topliss-reactive ketones (excluding diaryl/α,β-unsaturated/α-hetero) is 1. The van der Waals surface area contributed by atoms with E-state index in [1.165, 1.54) is 0 Å². The second-order valence-corrected chi connectivity index (χ2v) is 20.9. The molecule has 0 fully saturated rings. The molecule has 1 aliphatic carbocycles. The van der Waals surface area contributed by atoms with Crippen molar-refractivity contribution in [2.24, 2.45) is 11.8 Å². The average molecular weight is 851 g/mol. The summed E-state index contributed by atoms with van der Waals surface area (Å²) in [6, 6.07) is 8.52. The van der Waals surface area contributed by atoms with Gasteiger partial charge in [-0.3, -0.25) is 14.4 Å². The highest BCUT2D eigenvalue weighted by molar-refractivity contribution is 6.52. The molecule has 62 heavy (non-hydrogen) atoms. The van der Waals surface area contributed by atoms with Gasteiger partial charge < -0.3 is 20.6 Å². The van der Waals surface area contributed by atoms with Crippen LogP contribution in [0.2, 0.25) is 0 Å². The average Bonchev–Trinajstić information content (AvgIpc) is 3.47. The Morgan fingerprint density at radius 1 is 0.694 bits per heavy atom. The van der Waals surface area contributed by atoms with Crippen molar-refractivity contribution < 1.29 is 19.5 Å². The Kier molecular flexibility index (Phi) is 14.8. The van der Waals surface area contributed by atoms with Crippen LogP contribution in [-0.2, 0) is 25.2 Å². The van der Waals surface area contributed by atoms with Gasteiger partial charge in [-0.1, -0.05) is 93.3 Å². The first-order valence-electron chi connectivity index (χ1n) is 24.5. The number of hydrogen-bond acceptors (Lipinski definition) is 5. The van der Waals surface area contributed by atoms with E-state index in [1.54, 1.807) is 0 Å². The van der Waals surface area contributed by atoms with Crippen LogP contribution in [0.1, 0.15) is 205 Å². The minimum absolute atomic E-state index is 0.0833. The highest BCUT2D eigenvalue weighted by Gasteiger charge is 2.58. The van der Waals surface area contributed by atoms with E-state index in [2.05, 4.69) is 117 Å². The maximum absolute atomic E-state index is 15.1. The molecule has 2 heterocycles. The van der Waals surface area contributed by atoms with Gasteiger partial charge in [0, 0.05) is 81.4 Å². The highest BCUT2D eigenvalue weighted by atomic mass is 16.3. The molecule has 8 nitrogen and oxygen atoms in total. The molecule has 2 N–H and O–H groups in total. The predicted molar refractivity (Wildman–Crippen MR) is 258 cm³/mol. The number of anilines is 3. The molecule has 2 amide bonds. The van der Waals surface area contributed by atoms with E-state index in [0.717, 1.165) is 86.4 Å². The molecule has 4 atom stereocenters. The monoisotopic (exact) mass is 851 g/mol. The number of hydrogen-bond donors (Lipinski definition) is 2. The first-order valence-corrected chi connectivity index (χ1v) is 24.5. The Morgan fingerprint density at radius 2 is 1.24 bits per heavy atom. The van der Waals surface area contributed by atoms with Gasteiger partial charge in [-0.25, -0.2) is 4.58 Å². The molecule has 0 radical (unpaired) electrons. The van der Waals surface area contributed by atoms with Gasteiger partial charge in [-0.2, -0.15) is 0 Å². The van der Waals surface area contributed by atoms with E-state index in [0.29, 0.717) is 35.0 Å². The zero-order chi connectivity index (χ0) is 46.3. The summed E-state index contributed by atoms with van der Waals surface area (Å²) in [4.78, 5) is 45.9. The fraction of sp³-hybridized carbons (Fsp3) is 0.667. The summed E-state index contributed by atoms with van der Waals surface area (Å²) < 4.78 is 2.49. The molecule has 2 aromatic carbocycles. The number of allylic oxidation sites excluding steroid dienone is 2. The number of carbonyl (C=O) groups is 3. The van der Waals surface area contributed by atoms with Gasteiger partial charge in [-0.05, 0) is 111 Å². The SMILES string of the molecule is CCCCC(CC)C(=O)Nc1cc2c(cc1C1=C([O-])/C(=c3/cc4c(cc3NC(=O)C(CC)CCCC)=[N+](C(C)C)C(C)(CCC)C4(C)C)C1=O)C(C)(C)C(C)(CCC)N2C(C)C. The smallest absolute Gasteiger partial charge is 0.227 e. The number of nitrogens with one attached hydrogen (secondary N) is 2. The van der Waals surface area contributed by atoms with Crippen LogP contribution in [0.25, 0.3) is 11.1 Å². The lowest BCUT2D eigenvalue weighted by molar-refractivity contribution is -0.292. The number of rotatable bonds is 19. The third-order valence-corrected chi connectivity index (χ3v) is 15.9. The number of unbranched alkanes of at least 4 members (excludes halogenated alkanes) is 2. The van der Waals surface area contributed by atoms with Crippen LogP contribution in [0.15, 0.2) is 30.0 Å². The standard InChI is InChI=1S/C54H82N4O4/c1-17-23-25-35(21-5)49(61)55-41-31-43-39(51(11,12)53(15,27-19-3)57(43)33(7)8)29-37(41)45-47(59)46(48(45)60)38-30-40-44(32-42(38)56-50(62)36(22-6)26-24-18-2)58(34(9)10)54(16,28-20-4)52(40,13)14/h29-36H,17-28H2,1-16H3,(H2,55,56,59,60,61,62). The van der Waals surface area contributed by atoms with Gasteiger partial charge in [0.1, 0.15) is 6.04 Å². The molecule has 342 valence electrons. The van der Waals surface area contributed by atoms with Crippen LogP contribution in [-0.4, -0.2) is 40.8 Å². The number of fused-ring (bicyclic) bond motifs is 2. The molecular formula is C54H82N4O4. The lowest BCUT2D eigenvalue weighted by atomic mass is 9.68. The van der Waals surface area contributed by atoms with E-state index in [-0.39, 0.29) is 80.3 Å². The quantitative estimate of drug-likeness (QED) is 0.137. The number of ketones is 1. The maximum Gasteiger partial charge on any atom is 0.227 e. The minimum Gasteiger partial charge on any atom is -0.871 e. The maximum atomic E-state index is 15.1. The Labute approximate surface area is 375 Å². The second-order valence-electron chi connectivity index (χ2n) is 20.9. The summed E-state index contributed by atoms with van der Waals surface area (Å²) in [6.07, 6.45) is 10.7. The van der Waals surface area contributed by atoms with E-state index in [4.69, 9.17) is 0 Å². The zero-order valence-corrected chi connectivity index (χ0v) is 41.6. The molecule has 2 aliphatic heterocycles. The molecular weight excluding hydrogens is 769 g/mol. The molecule has 2 aromatic rings. The largest absolute Gasteiger partial charge is 0.871 e. The number of nitrogens with zero attached hydrogens (tertiary/aromatic N) is 2. The van der Waals surface area contributed by atoms with E-state index >= 15 is 9.90 Å². The van der Waals surface area contributed by atoms with Crippen molar-refractivity contribution in [2.45, 2.75) is 222 Å². The van der Waals surface area contributed by atoms with E-state index < -0.39 is 0 Å². The Hall–Kier alpha value is -3.94. The fourth-order valence-corrected chi connectivity index (χ4v) is 11.7. The van der Waals surface area contributed by atoms with Crippen molar-refractivity contribution in [3.05, 3.63) is 57.3 Å². The number of benzene rings is 2. The van der Waals surface area contributed by atoms with Crippen LogP contribution >= 0.6 is 0 Å². The van der Waals surface area contributed by atoms with E-state index in [1.807, 2.05) is 38.1 Å². The van der Waals surface area contributed by atoms with Crippen molar-refractivity contribution in [1.29, 1.82) is 0 Å². The van der Waals surface area contributed by atoms with Gasteiger partial charge in [0.25, 0.3) is 0 Å². The Balaban J connectivity index is 1.85. The molecule has 0 saturated heterocycles. The van der Waals surface area contributed by atoms with E-state index in [9.17, 15) is 9.59 Å². The Morgan fingerprint density at radius 3 is 1.71 bits per heavy atom. The summed E-state index contributed by atoms with van der Waals surface area (Å²) in [5, 5.41) is 23.2. The van der Waals surface area contributed by atoms with Crippen LogP contribution in [0.5, 0.6) is 0 Å². The van der Waals surface area contributed by atoms with Crippen molar-refractivity contribution in [3.63, 3.8) is 0 Å². The van der Waals surface area contributed by atoms with Gasteiger partial charge in [0.2, 0.25) is 17.2 Å². The highest BCUT2D eigenvalue weighted by Crippen LogP contribution is 2.57. The first kappa shape index (κ1) is 49.1. The predicted octanol–water partition coefficient (Wildman–Crippen LogP) is 10.3. The molecule has 8 heteroatoms. The van der Waals surface area contributed by atoms with Crippen LogP contribution in [0, 0.1) is 11.8 Å². The van der Waals surface area contributed by atoms with Crippen molar-refractivity contribution in [2.75, 3.05) is 15.5 Å². The lowest BCUT2D eigenvalue weighted by Gasteiger charge is -2.47. The van der Waals surface area contributed by atoms with Gasteiger partial charge in [0.15, 0.2) is 11.3 Å². The zero-order valence-electron chi connectivity index (χ0n) is 41.6. The third kappa shape index (κ3) is 7.97. The minimum atomic E-state index is -0.349. The van der Waals surface area contributed by atoms with Gasteiger partial charge >= 0.3 is 0 Å². The molecule has 0 spiro atoms. The number of amides is 2. The molecule has 5 rings (SSSR count). The van der Waals surface area contributed by atoms with Crippen molar-refractivity contribution in [1.82, 2.24) is 4.58 Å². The van der Waals surface area contributed by atoms with Crippen LogP contribution in [0.3, 0.4) is 0 Å². The molecule has 0 saturated carbocycles. The summed E-state index contributed by atoms with van der Waals surface area (Å²) in [5.74, 6) is -1.24. The van der Waals surface area contributed by atoms with Crippen LogP contribution < -0.4 is 35.8 Å². The summed E-state index contributed by atoms with van der Waals surface area (Å²) >= 11 is 0. The second kappa shape index (κ2) is 18.6. The van der Waals surface area contributed by atoms with Crippen molar-refractivity contribution >= 4 is 45.8 Å². The summed E-state index contributed by atoms with van der Waals surface area (Å²) in [6.45, 7) is 35.4. The van der Waals surface area contributed by atoms with Crippen LogP contribution in [0.4, 0.5) is 17.1 Å².